The van der Waals surface area contributed by atoms with Crippen molar-refractivity contribution in [3.8, 4) is 0 Å². The van der Waals surface area contributed by atoms with Crippen LogP contribution in [0.5, 0.6) is 0 Å². The summed E-state index contributed by atoms with van der Waals surface area (Å²) in [4.78, 5) is 13.0. The minimum atomic E-state index is -3.82. The van der Waals surface area contributed by atoms with Crippen molar-refractivity contribution in [1.29, 1.82) is 0 Å². The lowest BCUT2D eigenvalue weighted by molar-refractivity contribution is -0.149. The summed E-state index contributed by atoms with van der Waals surface area (Å²) in [6.07, 6.45) is 2.95. The maximum absolute atomic E-state index is 13.4. The number of ether oxygens (including phenoxy) is 1. The quantitative estimate of drug-likeness (QED) is 0.586. The van der Waals surface area contributed by atoms with Gasteiger partial charge in [-0.15, -0.1) is 5.10 Å². The number of aryl methyl sites for hydroxylation is 4. The second-order valence-electron chi connectivity index (χ2n) is 7.78. The fraction of sp³-hybridized carbons (Fsp3) is 0.600. The van der Waals surface area contributed by atoms with Gasteiger partial charge in [-0.3, -0.25) is 4.79 Å². The largest absolute Gasteiger partial charge is 0.456 e. The first-order valence-electron chi connectivity index (χ1n) is 10.3. The van der Waals surface area contributed by atoms with E-state index in [1.165, 1.54) is 4.31 Å². The second kappa shape index (κ2) is 9.22. The van der Waals surface area contributed by atoms with Crippen LogP contribution in [0.15, 0.2) is 17.0 Å². The number of rotatable bonds is 8. The highest BCUT2D eigenvalue weighted by Crippen LogP contribution is 2.31. The van der Waals surface area contributed by atoms with E-state index < -0.39 is 22.0 Å². The number of carbonyl (C=O) groups is 1. The lowest BCUT2D eigenvalue weighted by Crippen LogP contribution is -2.41. The van der Waals surface area contributed by atoms with Gasteiger partial charge in [0.05, 0.1) is 4.90 Å². The molecule has 1 aliphatic rings. The van der Waals surface area contributed by atoms with Crippen LogP contribution >= 0.6 is 0 Å². The first-order valence-corrected chi connectivity index (χ1v) is 11.7. The molecule has 30 heavy (non-hydrogen) atoms. The standard InChI is InChI=1S/C20H29N5O4S/c1-5-6-9-24-18(21-22-23-24)13-29-20(26)17-8-7-10-25(17)30(27,28)19-15(3)11-14(2)12-16(19)4/h11-12,17H,5-10,13H2,1-4H3. The van der Waals surface area contributed by atoms with Crippen LogP contribution in [0.2, 0.25) is 0 Å². The molecule has 1 aromatic carbocycles. The third-order valence-electron chi connectivity index (χ3n) is 5.32. The van der Waals surface area contributed by atoms with Crippen molar-refractivity contribution in [2.45, 2.75) is 77.5 Å². The molecule has 0 radical (unpaired) electrons. The van der Waals surface area contributed by atoms with Gasteiger partial charge in [-0.05, 0) is 61.6 Å². The fourth-order valence-electron chi connectivity index (χ4n) is 3.99. The molecule has 0 N–H and O–H groups in total. The Bertz CT molecular complexity index is 995. The summed E-state index contributed by atoms with van der Waals surface area (Å²) in [5.74, 6) is -0.113. The van der Waals surface area contributed by atoms with E-state index >= 15 is 0 Å². The molecule has 9 nitrogen and oxygen atoms in total. The molecule has 0 aliphatic carbocycles. The highest BCUT2D eigenvalue weighted by Gasteiger charge is 2.41. The third-order valence-corrected chi connectivity index (χ3v) is 7.53. The molecule has 2 heterocycles. The van der Waals surface area contributed by atoms with E-state index in [0.29, 0.717) is 42.9 Å². The predicted octanol–water partition coefficient (Wildman–Crippen LogP) is 2.29. The number of aromatic nitrogens is 4. The summed E-state index contributed by atoms with van der Waals surface area (Å²) in [7, 11) is -3.82. The van der Waals surface area contributed by atoms with E-state index in [0.717, 1.165) is 18.4 Å². The van der Waals surface area contributed by atoms with E-state index in [-0.39, 0.29) is 11.5 Å². The average molecular weight is 436 g/mol. The van der Waals surface area contributed by atoms with Gasteiger partial charge in [0.1, 0.15) is 6.04 Å². The maximum Gasteiger partial charge on any atom is 0.324 e. The third kappa shape index (κ3) is 4.54. The molecule has 1 unspecified atom stereocenters. The molecular weight excluding hydrogens is 406 g/mol. The van der Waals surface area contributed by atoms with Gasteiger partial charge in [-0.1, -0.05) is 31.0 Å². The lowest BCUT2D eigenvalue weighted by atomic mass is 10.1. The topological polar surface area (TPSA) is 107 Å². The molecule has 2 aromatic rings. The smallest absolute Gasteiger partial charge is 0.324 e. The van der Waals surface area contributed by atoms with Crippen molar-refractivity contribution in [1.82, 2.24) is 24.5 Å². The summed E-state index contributed by atoms with van der Waals surface area (Å²) >= 11 is 0. The van der Waals surface area contributed by atoms with Gasteiger partial charge >= 0.3 is 5.97 Å². The molecule has 1 aromatic heterocycles. The number of tetrazole rings is 1. The number of benzene rings is 1. The molecule has 1 atom stereocenters. The van der Waals surface area contributed by atoms with Crippen molar-refractivity contribution in [2.75, 3.05) is 6.54 Å². The van der Waals surface area contributed by atoms with Gasteiger partial charge in [0, 0.05) is 13.1 Å². The Morgan fingerprint density at radius 3 is 2.60 bits per heavy atom. The first-order chi connectivity index (χ1) is 14.3. The zero-order chi connectivity index (χ0) is 21.9. The number of nitrogens with zero attached hydrogens (tertiary/aromatic N) is 5. The highest BCUT2D eigenvalue weighted by molar-refractivity contribution is 7.89. The summed E-state index contributed by atoms with van der Waals surface area (Å²) < 4.78 is 35.1. The Kier molecular flexibility index (Phi) is 6.87. The highest BCUT2D eigenvalue weighted by atomic mass is 32.2. The summed E-state index contributed by atoms with van der Waals surface area (Å²) in [5.41, 5.74) is 2.37. The Labute approximate surface area is 177 Å². The number of hydrogen-bond donors (Lipinski definition) is 0. The second-order valence-corrected chi connectivity index (χ2v) is 9.61. The van der Waals surface area contributed by atoms with Crippen LogP contribution in [-0.4, -0.2) is 51.5 Å². The fourth-order valence-corrected chi connectivity index (χ4v) is 6.06. The van der Waals surface area contributed by atoms with Crippen molar-refractivity contribution in [3.05, 3.63) is 34.6 Å². The average Bonchev–Trinajstić information content (AvgIpc) is 3.33. The normalized spacial score (nSPS) is 17.4. The van der Waals surface area contributed by atoms with Crippen LogP contribution in [0, 0.1) is 20.8 Å². The predicted molar refractivity (Wildman–Crippen MR) is 110 cm³/mol. The number of unbranched alkanes of at least 4 members (excludes halogenated alkanes) is 1. The molecule has 0 saturated carbocycles. The molecule has 10 heteroatoms. The molecule has 0 amide bonds. The zero-order valence-electron chi connectivity index (χ0n) is 18.0. The zero-order valence-corrected chi connectivity index (χ0v) is 18.8. The van der Waals surface area contributed by atoms with Gasteiger partial charge in [0.15, 0.2) is 12.4 Å². The van der Waals surface area contributed by atoms with Crippen molar-refractivity contribution in [3.63, 3.8) is 0 Å². The van der Waals surface area contributed by atoms with Gasteiger partial charge < -0.3 is 4.74 Å². The Morgan fingerprint density at radius 2 is 1.93 bits per heavy atom. The van der Waals surface area contributed by atoms with Gasteiger partial charge in [0.2, 0.25) is 10.0 Å². The molecule has 0 spiro atoms. The molecular formula is C20H29N5O4S. The van der Waals surface area contributed by atoms with Crippen LogP contribution in [0.4, 0.5) is 0 Å². The Morgan fingerprint density at radius 1 is 1.23 bits per heavy atom. The van der Waals surface area contributed by atoms with E-state index in [1.807, 2.05) is 19.1 Å². The van der Waals surface area contributed by atoms with Crippen LogP contribution in [-0.2, 0) is 32.7 Å². The van der Waals surface area contributed by atoms with Gasteiger partial charge in [-0.25, -0.2) is 13.1 Å². The van der Waals surface area contributed by atoms with E-state index in [2.05, 4.69) is 22.4 Å². The van der Waals surface area contributed by atoms with Crippen molar-refractivity contribution in [2.24, 2.45) is 0 Å². The first kappa shape index (κ1) is 22.4. The van der Waals surface area contributed by atoms with Gasteiger partial charge in [0.25, 0.3) is 0 Å². The maximum atomic E-state index is 13.4. The number of sulfonamides is 1. The van der Waals surface area contributed by atoms with E-state index in [9.17, 15) is 13.2 Å². The van der Waals surface area contributed by atoms with E-state index in [4.69, 9.17) is 4.74 Å². The number of hydrogen-bond acceptors (Lipinski definition) is 7. The van der Waals surface area contributed by atoms with E-state index in [1.54, 1.807) is 18.5 Å². The van der Waals surface area contributed by atoms with Crippen LogP contribution < -0.4 is 0 Å². The van der Waals surface area contributed by atoms with Crippen LogP contribution in [0.1, 0.15) is 55.1 Å². The molecule has 1 saturated heterocycles. The lowest BCUT2D eigenvalue weighted by Gasteiger charge is -2.24. The molecule has 3 rings (SSSR count). The molecule has 0 bridgehead atoms. The Hall–Kier alpha value is -2.33. The summed E-state index contributed by atoms with van der Waals surface area (Å²) in [6, 6.07) is 2.86. The molecule has 1 fully saturated rings. The SMILES string of the molecule is CCCCn1nnnc1COC(=O)C1CCCN1S(=O)(=O)c1c(C)cc(C)cc1C. The van der Waals surface area contributed by atoms with Gasteiger partial charge in [-0.2, -0.15) is 4.31 Å². The summed E-state index contributed by atoms with van der Waals surface area (Å²) in [6.45, 7) is 8.42. The summed E-state index contributed by atoms with van der Waals surface area (Å²) in [5, 5.41) is 11.5. The Balaban J connectivity index is 1.75. The number of carbonyl (C=O) groups excluding carboxylic acids is 1. The van der Waals surface area contributed by atoms with Crippen molar-refractivity contribution < 1.29 is 17.9 Å². The number of esters is 1. The molecule has 1 aliphatic heterocycles. The monoisotopic (exact) mass is 435 g/mol. The van der Waals surface area contributed by atoms with Crippen LogP contribution in [0.3, 0.4) is 0 Å². The minimum absolute atomic E-state index is 0.0808. The van der Waals surface area contributed by atoms with Crippen LogP contribution in [0.25, 0.3) is 0 Å². The minimum Gasteiger partial charge on any atom is -0.456 e. The molecule has 164 valence electrons. The van der Waals surface area contributed by atoms with Crippen molar-refractivity contribution >= 4 is 16.0 Å².